The van der Waals surface area contributed by atoms with Gasteiger partial charge in [0.1, 0.15) is 5.82 Å². The number of benzene rings is 1. The Balaban J connectivity index is 1.83. The van der Waals surface area contributed by atoms with E-state index in [0.29, 0.717) is 5.69 Å². The first-order valence-corrected chi connectivity index (χ1v) is 8.70. The summed E-state index contributed by atoms with van der Waals surface area (Å²) in [6, 6.07) is 13.7. The highest BCUT2D eigenvalue weighted by molar-refractivity contribution is 6.31. The van der Waals surface area contributed by atoms with Gasteiger partial charge in [0.05, 0.1) is 11.8 Å². The molecule has 1 fully saturated rings. The highest BCUT2D eigenvalue weighted by atomic mass is 35.5. The number of halogens is 1. The summed E-state index contributed by atoms with van der Waals surface area (Å²) in [6.45, 7) is 3.91. The van der Waals surface area contributed by atoms with Crippen molar-refractivity contribution in [2.45, 2.75) is 31.3 Å². The van der Waals surface area contributed by atoms with Crippen LogP contribution in [0.4, 0.5) is 5.82 Å². The smallest absolute Gasteiger partial charge is 0.126 e. The molecular weight excluding hydrogens is 324 g/mol. The maximum Gasteiger partial charge on any atom is 0.126 e. The third-order valence-electron chi connectivity index (χ3n) is 4.70. The Morgan fingerprint density at radius 2 is 1.96 bits per heavy atom. The molecule has 3 rings (SSSR count). The SMILES string of the molecule is CC(O)c1cccc(NCC2(c3ccccc3Cl)CCOCC2)n1. The number of nitrogens with one attached hydrogen (secondary N) is 1. The van der Waals surface area contributed by atoms with E-state index < -0.39 is 6.10 Å². The highest BCUT2D eigenvalue weighted by Gasteiger charge is 2.36. The van der Waals surface area contributed by atoms with Crippen LogP contribution >= 0.6 is 11.6 Å². The van der Waals surface area contributed by atoms with Gasteiger partial charge in [0, 0.05) is 30.2 Å². The molecule has 1 saturated heterocycles. The lowest BCUT2D eigenvalue weighted by molar-refractivity contribution is 0.0544. The molecule has 0 saturated carbocycles. The number of nitrogens with zero attached hydrogens (tertiary/aromatic N) is 1. The molecule has 1 aromatic carbocycles. The van der Waals surface area contributed by atoms with E-state index in [2.05, 4.69) is 16.4 Å². The molecule has 0 radical (unpaired) electrons. The number of aliphatic hydroxyl groups excluding tert-OH is 1. The Kier molecular flexibility index (Phi) is 5.39. The van der Waals surface area contributed by atoms with Crippen LogP contribution in [0.25, 0.3) is 0 Å². The molecule has 1 aliphatic heterocycles. The Labute approximate surface area is 147 Å². The van der Waals surface area contributed by atoms with Crippen molar-refractivity contribution < 1.29 is 9.84 Å². The van der Waals surface area contributed by atoms with E-state index in [4.69, 9.17) is 16.3 Å². The van der Waals surface area contributed by atoms with Crippen molar-refractivity contribution in [2.24, 2.45) is 0 Å². The second kappa shape index (κ2) is 7.51. The van der Waals surface area contributed by atoms with Crippen LogP contribution in [-0.2, 0) is 10.2 Å². The van der Waals surface area contributed by atoms with Crippen molar-refractivity contribution in [1.29, 1.82) is 0 Å². The fourth-order valence-electron chi connectivity index (χ4n) is 3.24. The Morgan fingerprint density at radius 3 is 2.67 bits per heavy atom. The zero-order valence-corrected chi connectivity index (χ0v) is 14.6. The number of ether oxygens (including phenoxy) is 1. The monoisotopic (exact) mass is 346 g/mol. The predicted octanol–water partition coefficient (Wildman–Crippen LogP) is 3.95. The summed E-state index contributed by atoms with van der Waals surface area (Å²) in [6.07, 6.45) is 1.26. The summed E-state index contributed by atoms with van der Waals surface area (Å²) < 4.78 is 5.57. The van der Waals surface area contributed by atoms with Gasteiger partial charge in [-0.1, -0.05) is 35.9 Å². The van der Waals surface area contributed by atoms with Crippen LogP contribution in [-0.4, -0.2) is 29.8 Å². The molecule has 128 valence electrons. The van der Waals surface area contributed by atoms with Gasteiger partial charge in [0.2, 0.25) is 0 Å². The van der Waals surface area contributed by atoms with E-state index in [1.807, 2.05) is 36.4 Å². The summed E-state index contributed by atoms with van der Waals surface area (Å²) in [5, 5.41) is 13.9. The van der Waals surface area contributed by atoms with Crippen LogP contribution in [0.1, 0.15) is 37.1 Å². The van der Waals surface area contributed by atoms with Crippen molar-refractivity contribution >= 4 is 17.4 Å². The third-order valence-corrected chi connectivity index (χ3v) is 5.03. The van der Waals surface area contributed by atoms with E-state index in [-0.39, 0.29) is 5.41 Å². The van der Waals surface area contributed by atoms with Gasteiger partial charge < -0.3 is 15.2 Å². The molecule has 24 heavy (non-hydrogen) atoms. The van der Waals surface area contributed by atoms with Gasteiger partial charge in [-0.3, -0.25) is 0 Å². The van der Waals surface area contributed by atoms with Gasteiger partial charge in [0.15, 0.2) is 0 Å². The summed E-state index contributed by atoms with van der Waals surface area (Å²) in [7, 11) is 0. The highest BCUT2D eigenvalue weighted by Crippen LogP contribution is 2.38. The minimum Gasteiger partial charge on any atom is -0.387 e. The normalized spacial score (nSPS) is 18.1. The Bertz CT molecular complexity index is 685. The first kappa shape index (κ1) is 17.2. The maximum atomic E-state index is 9.71. The predicted molar refractivity (Wildman–Crippen MR) is 96.5 cm³/mol. The van der Waals surface area contributed by atoms with E-state index in [9.17, 15) is 5.11 Å². The minimum atomic E-state index is -0.577. The molecule has 0 bridgehead atoms. The number of anilines is 1. The molecule has 1 atom stereocenters. The molecule has 2 N–H and O–H groups in total. The summed E-state index contributed by atoms with van der Waals surface area (Å²) in [5.74, 6) is 0.770. The van der Waals surface area contributed by atoms with E-state index in [1.165, 1.54) is 0 Å². The number of hydrogen-bond acceptors (Lipinski definition) is 4. The molecule has 1 aromatic heterocycles. The zero-order chi connectivity index (χ0) is 17.0. The summed E-state index contributed by atoms with van der Waals surface area (Å²) in [4.78, 5) is 4.48. The van der Waals surface area contributed by atoms with E-state index >= 15 is 0 Å². The lowest BCUT2D eigenvalue weighted by Gasteiger charge is -2.38. The van der Waals surface area contributed by atoms with Gasteiger partial charge in [-0.2, -0.15) is 0 Å². The van der Waals surface area contributed by atoms with Crippen molar-refractivity contribution in [1.82, 2.24) is 4.98 Å². The lowest BCUT2D eigenvalue weighted by atomic mass is 9.74. The quantitative estimate of drug-likeness (QED) is 0.860. The van der Waals surface area contributed by atoms with Crippen LogP contribution in [0.15, 0.2) is 42.5 Å². The van der Waals surface area contributed by atoms with Crippen molar-refractivity contribution in [2.75, 3.05) is 25.1 Å². The Hall–Kier alpha value is -1.62. The number of hydrogen-bond donors (Lipinski definition) is 2. The van der Waals surface area contributed by atoms with Gasteiger partial charge in [0.25, 0.3) is 0 Å². The van der Waals surface area contributed by atoms with Crippen molar-refractivity contribution in [3.05, 3.63) is 58.7 Å². The van der Waals surface area contributed by atoms with Crippen molar-refractivity contribution in [3.63, 3.8) is 0 Å². The van der Waals surface area contributed by atoms with Crippen LogP contribution in [0.2, 0.25) is 5.02 Å². The van der Waals surface area contributed by atoms with Crippen LogP contribution in [0, 0.1) is 0 Å². The largest absolute Gasteiger partial charge is 0.387 e. The Morgan fingerprint density at radius 1 is 1.21 bits per heavy atom. The number of rotatable bonds is 5. The van der Waals surface area contributed by atoms with Gasteiger partial charge in [-0.15, -0.1) is 0 Å². The van der Waals surface area contributed by atoms with Gasteiger partial charge in [-0.05, 0) is 43.5 Å². The number of aliphatic hydroxyl groups is 1. The molecule has 1 aliphatic rings. The molecule has 5 heteroatoms. The molecule has 2 heterocycles. The first-order chi connectivity index (χ1) is 11.6. The second-order valence-corrected chi connectivity index (χ2v) is 6.76. The average Bonchev–Trinajstić information content (AvgIpc) is 2.61. The molecule has 0 aliphatic carbocycles. The fraction of sp³-hybridized carbons (Fsp3) is 0.421. The molecule has 0 spiro atoms. The summed E-state index contributed by atoms with van der Waals surface area (Å²) in [5.41, 5.74) is 1.76. The van der Waals surface area contributed by atoms with Crippen LogP contribution in [0.5, 0.6) is 0 Å². The zero-order valence-electron chi connectivity index (χ0n) is 13.8. The van der Waals surface area contributed by atoms with E-state index in [1.54, 1.807) is 6.92 Å². The number of aromatic nitrogens is 1. The van der Waals surface area contributed by atoms with E-state index in [0.717, 1.165) is 49.0 Å². The first-order valence-electron chi connectivity index (χ1n) is 8.32. The topological polar surface area (TPSA) is 54.4 Å². The standard InChI is InChI=1S/C19H23ClN2O2/c1-14(23)17-7-4-8-18(22-17)21-13-19(9-11-24-12-10-19)15-5-2-3-6-16(15)20/h2-8,14,23H,9-13H2,1H3,(H,21,22). The van der Waals surface area contributed by atoms with Gasteiger partial charge >= 0.3 is 0 Å². The average molecular weight is 347 g/mol. The maximum absolute atomic E-state index is 9.71. The molecule has 2 aromatic rings. The molecule has 4 nitrogen and oxygen atoms in total. The minimum absolute atomic E-state index is 0.0703. The van der Waals surface area contributed by atoms with Gasteiger partial charge in [-0.25, -0.2) is 4.98 Å². The van der Waals surface area contributed by atoms with Crippen molar-refractivity contribution in [3.8, 4) is 0 Å². The molecule has 0 amide bonds. The van der Waals surface area contributed by atoms with Crippen LogP contribution in [0.3, 0.4) is 0 Å². The fourth-order valence-corrected chi connectivity index (χ4v) is 3.57. The molecule has 1 unspecified atom stereocenters. The van der Waals surface area contributed by atoms with Crippen LogP contribution < -0.4 is 5.32 Å². The lowest BCUT2D eigenvalue weighted by Crippen LogP contribution is -2.40. The third kappa shape index (κ3) is 3.72. The second-order valence-electron chi connectivity index (χ2n) is 6.35. The summed E-state index contributed by atoms with van der Waals surface area (Å²) >= 11 is 6.48. The molecular formula is C19H23ClN2O2. The number of pyridine rings is 1.